The molecule has 3 nitrogen and oxygen atoms in total. The zero-order chi connectivity index (χ0) is 9.26. The van der Waals surface area contributed by atoms with Crippen LogP contribution in [0.15, 0.2) is 6.20 Å². The molecule has 68 valence electrons. The molecule has 1 N–H and O–H groups in total. The van der Waals surface area contributed by atoms with Crippen LogP contribution >= 0.6 is 11.3 Å². The molecule has 1 aromatic heterocycles. The Hall–Kier alpha value is -0.920. The van der Waals surface area contributed by atoms with Gasteiger partial charge in [-0.15, -0.1) is 11.3 Å². The van der Waals surface area contributed by atoms with E-state index in [2.05, 4.69) is 16.4 Å². The second-order valence-corrected chi connectivity index (χ2v) is 4.58. The minimum absolute atomic E-state index is 0.203. The minimum Gasteiger partial charge on any atom is -0.293 e. The van der Waals surface area contributed by atoms with E-state index in [-0.39, 0.29) is 6.04 Å². The average Bonchev–Trinajstić information content (AvgIpc) is 2.84. The molecule has 0 saturated heterocycles. The van der Waals surface area contributed by atoms with Gasteiger partial charge in [0.05, 0.1) is 6.07 Å². The maximum Gasteiger partial charge on any atom is 0.148 e. The SMILES string of the molecule is Cc1cnc(C(C#N)NC2CC2)s1. The van der Waals surface area contributed by atoms with Gasteiger partial charge < -0.3 is 0 Å². The predicted molar refractivity (Wildman–Crippen MR) is 51.4 cm³/mol. The lowest BCUT2D eigenvalue weighted by atomic mass is 10.3. The summed E-state index contributed by atoms with van der Waals surface area (Å²) in [6.07, 6.45) is 4.21. The van der Waals surface area contributed by atoms with E-state index in [4.69, 9.17) is 5.26 Å². The highest BCUT2D eigenvalue weighted by molar-refractivity contribution is 7.11. The van der Waals surface area contributed by atoms with Crippen molar-refractivity contribution in [2.75, 3.05) is 0 Å². The second-order valence-electron chi connectivity index (χ2n) is 3.31. The molecule has 1 atom stereocenters. The van der Waals surface area contributed by atoms with Gasteiger partial charge in [-0.1, -0.05) is 0 Å². The van der Waals surface area contributed by atoms with Gasteiger partial charge in [0.1, 0.15) is 11.0 Å². The maximum absolute atomic E-state index is 8.92. The topological polar surface area (TPSA) is 48.7 Å². The first kappa shape index (κ1) is 8.67. The normalized spacial score (nSPS) is 18.2. The maximum atomic E-state index is 8.92. The molecule has 13 heavy (non-hydrogen) atoms. The highest BCUT2D eigenvalue weighted by atomic mass is 32.1. The van der Waals surface area contributed by atoms with Gasteiger partial charge in [0.15, 0.2) is 0 Å². The molecule has 1 fully saturated rings. The first-order chi connectivity index (χ1) is 6.29. The number of nitriles is 1. The Morgan fingerprint density at radius 2 is 2.54 bits per heavy atom. The van der Waals surface area contributed by atoms with Crippen LogP contribution in [0.5, 0.6) is 0 Å². The Labute approximate surface area is 81.4 Å². The Bertz CT molecular complexity index is 335. The fourth-order valence-corrected chi connectivity index (χ4v) is 1.93. The molecule has 1 aliphatic rings. The largest absolute Gasteiger partial charge is 0.293 e. The summed E-state index contributed by atoms with van der Waals surface area (Å²) in [6, 6.07) is 2.59. The predicted octanol–water partition coefficient (Wildman–Crippen LogP) is 1.77. The molecular weight excluding hydrogens is 182 g/mol. The summed E-state index contributed by atoms with van der Waals surface area (Å²) in [4.78, 5) is 5.36. The van der Waals surface area contributed by atoms with Crippen LogP contribution in [-0.2, 0) is 0 Å². The molecule has 0 spiro atoms. The fourth-order valence-electron chi connectivity index (χ4n) is 1.16. The molecule has 1 aromatic rings. The summed E-state index contributed by atoms with van der Waals surface area (Å²) in [6.45, 7) is 2.01. The van der Waals surface area contributed by atoms with Crippen molar-refractivity contribution in [3.63, 3.8) is 0 Å². The Morgan fingerprint density at radius 1 is 1.77 bits per heavy atom. The second kappa shape index (κ2) is 3.44. The van der Waals surface area contributed by atoms with Crippen molar-refractivity contribution in [1.82, 2.24) is 10.3 Å². The lowest BCUT2D eigenvalue weighted by Gasteiger charge is -2.05. The molecule has 0 aromatic carbocycles. The number of rotatable bonds is 3. The Morgan fingerprint density at radius 3 is 3.00 bits per heavy atom. The van der Waals surface area contributed by atoms with E-state index in [0.717, 1.165) is 9.88 Å². The number of thiazole rings is 1. The summed E-state index contributed by atoms with van der Waals surface area (Å²) in [7, 11) is 0. The molecule has 1 saturated carbocycles. The van der Waals surface area contributed by atoms with Crippen molar-refractivity contribution in [3.8, 4) is 6.07 Å². The molecule has 0 bridgehead atoms. The van der Waals surface area contributed by atoms with E-state index in [1.54, 1.807) is 11.3 Å². The van der Waals surface area contributed by atoms with Crippen LogP contribution in [0.1, 0.15) is 28.8 Å². The molecule has 2 rings (SSSR count). The summed E-state index contributed by atoms with van der Waals surface area (Å²) < 4.78 is 0. The molecule has 0 radical (unpaired) electrons. The number of hydrogen-bond donors (Lipinski definition) is 1. The lowest BCUT2D eigenvalue weighted by Crippen LogP contribution is -2.21. The number of aryl methyl sites for hydroxylation is 1. The average molecular weight is 193 g/mol. The fraction of sp³-hybridized carbons (Fsp3) is 0.556. The van der Waals surface area contributed by atoms with Crippen molar-refractivity contribution >= 4 is 11.3 Å². The number of aromatic nitrogens is 1. The summed E-state index contributed by atoms with van der Waals surface area (Å²) >= 11 is 1.59. The van der Waals surface area contributed by atoms with Gasteiger partial charge in [0, 0.05) is 17.1 Å². The zero-order valence-corrected chi connectivity index (χ0v) is 8.27. The Balaban J connectivity index is 2.07. The monoisotopic (exact) mass is 193 g/mol. The highest BCUT2D eigenvalue weighted by Crippen LogP contribution is 2.25. The molecule has 1 heterocycles. The third kappa shape index (κ3) is 2.06. The van der Waals surface area contributed by atoms with E-state index in [1.165, 1.54) is 12.8 Å². The number of nitrogens with one attached hydrogen (secondary N) is 1. The van der Waals surface area contributed by atoms with Crippen LogP contribution in [0.3, 0.4) is 0 Å². The molecule has 1 aliphatic carbocycles. The zero-order valence-electron chi connectivity index (χ0n) is 7.45. The summed E-state index contributed by atoms with van der Waals surface area (Å²) in [5.41, 5.74) is 0. The first-order valence-electron chi connectivity index (χ1n) is 4.37. The van der Waals surface area contributed by atoms with Gasteiger partial charge in [-0.2, -0.15) is 5.26 Å². The van der Waals surface area contributed by atoms with E-state index in [1.807, 2.05) is 13.1 Å². The van der Waals surface area contributed by atoms with Gasteiger partial charge in [-0.3, -0.25) is 5.32 Å². The third-order valence-corrected chi connectivity index (χ3v) is 2.97. The van der Waals surface area contributed by atoms with Crippen molar-refractivity contribution in [3.05, 3.63) is 16.1 Å². The van der Waals surface area contributed by atoms with Crippen LogP contribution in [-0.4, -0.2) is 11.0 Å². The lowest BCUT2D eigenvalue weighted by molar-refractivity contribution is 0.623. The van der Waals surface area contributed by atoms with Gasteiger partial charge in [0.2, 0.25) is 0 Å². The van der Waals surface area contributed by atoms with E-state index in [0.29, 0.717) is 6.04 Å². The smallest absolute Gasteiger partial charge is 0.148 e. The molecular formula is C9H11N3S. The minimum atomic E-state index is -0.203. The number of hydrogen-bond acceptors (Lipinski definition) is 4. The van der Waals surface area contributed by atoms with E-state index < -0.39 is 0 Å². The van der Waals surface area contributed by atoms with Gasteiger partial charge in [-0.05, 0) is 19.8 Å². The van der Waals surface area contributed by atoms with Crippen molar-refractivity contribution < 1.29 is 0 Å². The van der Waals surface area contributed by atoms with Crippen molar-refractivity contribution in [2.24, 2.45) is 0 Å². The summed E-state index contributed by atoms with van der Waals surface area (Å²) in [5.74, 6) is 0. The van der Waals surface area contributed by atoms with Gasteiger partial charge in [0.25, 0.3) is 0 Å². The van der Waals surface area contributed by atoms with E-state index >= 15 is 0 Å². The van der Waals surface area contributed by atoms with Crippen LogP contribution in [0.2, 0.25) is 0 Å². The van der Waals surface area contributed by atoms with Crippen LogP contribution < -0.4 is 5.32 Å². The molecule has 1 unspecified atom stereocenters. The van der Waals surface area contributed by atoms with Crippen molar-refractivity contribution in [2.45, 2.75) is 31.8 Å². The van der Waals surface area contributed by atoms with E-state index in [9.17, 15) is 0 Å². The first-order valence-corrected chi connectivity index (χ1v) is 5.19. The van der Waals surface area contributed by atoms with Crippen LogP contribution in [0.25, 0.3) is 0 Å². The van der Waals surface area contributed by atoms with Crippen LogP contribution in [0, 0.1) is 18.3 Å². The quantitative estimate of drug-likeness (QED) is 0.795. The van der Waals surface area contributed by atoms with Crippen molar-refractivity contribution in [1.29, 1.82) is 5.26 Å². The van der Waals surface area contributed by atoms with Crippen LogP contribution in [0.4, 0.5) is 0 Å². The van der Waals surface area contributed by atoms with Gasteiger partial charge in [-0.25, -0.2) is 4.98 Å². The third-order valence-electron chi connectivity index (χ3n) is 1.99. The standard InChI is InChI=1S/C9H11N3S/c1-6-5-11-9(13-6)8(4-10)12-7-2-3-7/h5,7-8,12H,2-3H2,1H3. The molecule has 4 heteroatoms. The Kier molecular flexibility index (Phi) is 2.30. The highest BCUT2D eigenvalue weighted by Gasteiger charge is 2.26. The summed E-state index contributed by atoms with van der Waals surface area (Å²) in [5, 5.41) is 13.1. The number of nitrogens with zero attached hydrogens (tertiary/aromatic N) is 2. The molecule has 0 aliphatic heterocycles. The van der Waals surface area contributed by atoms with Gasteiger partial charge >= 0.3 is 0 Å². The molecule has 0 amide bonds.